The van der Waals surface area contributed by atoms with Crippen molar-refractivity contribution in [3.05, 3.63) is 0 Å². The predicted molar refractivity (Wildman–Crippen MR) is 20.5 cm³/mol. The van der Waals surface area contributed by atoms with Crippen LogP contribution < -0.4 is 0 Å². The van der Waals surface area contributed by atoms with Crippen molar-refractivity contribution >= 4 is 6.21 Å². The van der Waals surface area contributed by atoms with Crippen molar-refractivity contribution < 1.29 is 5.21 Å². The van der Waals surface area contributed by atoms with Crippen LogP contribution in [0.25, 0.3) is 0 Å². The summed E-state index contributed by atoms with van der Waals surface area (Å²) >= 11 is 0. The van der Waals surface area contributed by atoms with Crippen molar-refractivity contribution in [3.8, 4) is 6.07 Å². The first-order chi connectivity index (χ1) is 2.91. The highest BCUT2D eigenvalue weighted by Gasteiger charge is 1.64. The SMILES string of the molecule is N#CCC=NO. The van der Waals surface area contributed by atoms with Gasteiger partial charge in [-0.25, -0.2) is 0 Å². The smallest absolute Gasteiger partial charge is 0.0738 e. The molecule has 0 amide bonds. The predicted octanol–water partition coefficient (Wildman–Crippen LogP) is 0.360. The molecular formula is C3H4N2O. The summed E-state index contributed by atoms with van der Waals surface area (Å²) in [4.78, 5) is 0. The second kappa shape index (κ2) is 3.96. The molecule has 3 nitrogen and oxygen atoms in total. The fourth-order valence-electron chi connectivity index (χ4n) is 0.0816. The number of nitrogens with zero attached hydrogens (tertiary/aromatic N) is 2. The lowest BCUT2D eigenvalue weighted by Gasteiger charge is -1.63. The van der Waals surface area contributed by atoms with E-state index in [1.54, 1.807) is 6.07 Å². The Bertz CT molecular complexity index is 81.3. The van der Waals surface area contributed by atoms with Gasteiger partial charge in [-0.2, -0.15) is 5.26 Å². The van der Waals surface area contributed by atoms with E-state index < -0.39 is 0 Å². The third-order valence-corrected chi connectivity index (χ3v) is 0.264. The first kappa shape index (κ1) is 4.96. The average molecular weight is 84.1 g/mol. The van der Waals surface area contributed by atoms with E-state index >= 15 is 0 Å². The van der Waals surface area contributed by atoms with Gasteiger partial charge in [-0.3, -0.25) is 0 Å². The van der Waals surface area contributed by atoms with Crippen molar-refractivity contribution in [1.82, 2.24) is 0 Å². The normalized spacial score (nSPS) is 8.50. The number of oxime groups is 1. The van der Waals surface area contributed by atoms with E-state index in [9.17, 15) is 0 Å². The second-order valence-corrected chi connectivity index (χ2v) is 0.660. The average Bonchev–Trinajstić information content (AvgIpc) is 1.61. The third-order valence-electron chi connectivity index (χ3n) is 0.264. The zero-order valence-electron chi connectivity index (χ0n) is 3.13. The third kappa shape index (κ3) is 2.96. The number of hydrogen-bond acceptors (Lipinski definition) is 3. The molecule has 3 heteroatoms. The Kier molecular flexibility index (Phi) is 3.27. The maximum absolute atomic E-state index is 7.74. The van der Waals surface area contributed by atoms with Gasteiger partial charge < -0.3 is 5.21 Å². The Morgan fingerprint density at radius 3 is 2.83 bits per heavy atom. The molecule has 0 aliphatic rings. The highest BCUT2D eigenvalue weighted by atomic mass is 16.4. The van der Waals surface area contributed by atoms with E-state index in [0.29, 0.717) is 0 Å². The zero-order valence-corrected chi connectivity index (χ0v) is 3.13. The minimum Gasteiger partial charge on any atom is -0.411 e. The van der Waals surface area contributed by atoms with Crippen molar-refractivity contribution in [2.75, 3.05) is 0 Å². The molecule has 0 aliphatic heterocycles. The van der Waals surface area contributed by atoms with Gasteiger partial charge in [-0.05, 0) is 0 Å². The van der Waals surface area contributed by atoms with Crippen molar-refractivity contribution in [2.45, 2.75) is 6.42 Å². The van der Waals surface area contributed by atoms with Gasteiger partial charge in [0.05, 0.1) is 18.7 Å². The summed E-state index contributed by atoms with van der Waals surface area (Å²) in [6, 6.07) is 1.76. The minimum atomic E-state index is 0.177. The van der Waals surface area contributed by atoms with Crippen LogP contribution in [0, 0.1) is 11.3 Å². The van der Waals surface area contributed by atoms with Gasteiger partial charge in [-0.1, -0.05) is 0 Å². The quantitative estimate of drug-likeness (QED) is 0.283. The van der Waals surface area contributed by atoms with Crippen LogP contribution in [0.1, 0.15) is 6.42 Å². The van der Waals surface area contributed by atoms with Gasteiger partial charge in [0.1, 0.15) is 0 Å². The van der Waals surface area contributed by atoms with Gasteiger partial charge in [0, 0.05) is 0 Å². The molecule has 0 radical (unpaired) electrons. The van der Waals surface area contributed by atoms with Crippen LogP contribution in [0.5, 0.6) is 0 Å². The summed E-state index contributed by atoms with van der Waals surface area (Å²) in [6.45, 7) is 0. The highest BCUT2D eigenvalue weighted by molar-refractivity contribution is 5.58. The lowest BCUT2D eigenvalue weighted by Crippen LogP contribution is -1.65. The Hall–Kier alpha value is -1.04. The molecule has 1 N–H and O–H groups in total. The molecule has 6 heavy (non-hydrogen) atoms. The highest BCUT2D eigenvalue weighted by Crippen LogP contribution is 1.61. The van der Waals surface area contributed by atoms with E-state index in [2.05, 4.69) is 5.16 Å². The maximum atomic E-state index is 7.74. The Labute approximate surface area is 35.5 Å². The molecule has 0 fully saturated rings. The van der Waals surface area contributed by atoms with Crippen LogP contribution in [0.3, 0.4) is 0 Å². The largest absolute Gasteiger partial charge is 0.411 e. The molecule has 0 aromatic carbocycles. The van der Waals surface area contributed by atoms with Crippen LogP contribution in [-0.4, -0.2) is 11.4 Å². The van der Waals surface area contributed by atoms with Crippen LogP contribution in [0.2, 0.25) is 0 Å². The maximum Gasteiger partial charge on any atom is 0.0738 e. The lowest BCUT2D eigenvalue weighted by molar-refractivity contribution is 0.321. The van der Waals surface area contributed by atoms with Crippen LogP contribution >= 0.6 is 0 Å². The number of hydrogen-bond donors (Lipinski definition) is 1. The van der Waals surface area contributed by atoms with Crippen molar-refractivity contribution in [3.63, 3.8) is 0 Å². The molecule has 32 valence electrons. The van der Waals surface area contributed by atoms with Crippen LogP contribution in [0.4, 0.5) is 0 Å². The molecule has 0 saturated heterocycles. The van der Waals surface area contributed by atoms with Gasteiger partial charge in [0.25, 0.3) is 0 Å². The van der Waals surface area contributed by atoms with E-state index in [0.717, 1.165) is 6.21 Å². The molecule has 0 atom stereocenters. The summed E-state index contributed by atoms with van der Waals surface area (Å²) in [5.74, 6) is 0. The molecule has 0 unspecified atom stereocenters. The molecule has 0 rings (SSSR count). The fourth-order valence-corrected chi connectivity index (χ4v) is 0.0816. The summed E-state index contributed by atoms with van der Waals surface area (Å²) in [7, 11) is 0. The molecule has 0 heterocycles. The molecule has 0 bridgehead atoms. The number of rotatable bonds is 1. The standard InChI is InChI=1S/C3H4N2O/c4-2-1-3-5-6/h3,6H,1H2. The molecule has 0 aromatic rings. The van der Waals surface area contributed by atoms with Gasteiger partial charge in [-0.15, -0.1) is 5.16 Å². The van der Waals surface area contributed by atoms with Crippen molar-refractivity contribution in [1.29, 1.82) is 5.26 Å². The summed E-state index contributed by atoms with van der Waals surface area (Å²) < 4.78 is 0. The van der Waals surface area contributed by atoms with E-state index in [1.807, 2.05) is 0 Å². The van der Waals surface area contributed by atoms with Crippen LogP contribution in [-0.2, 0) is 0 Å². The van der Waals surface area contributed by atoms with Crippen molar-refractivity contribution in [2.24, 2.45) is 5.16 Å². The zero-order chi connectivity index (χ0) is 4.83. The second-order valence-electron chi connectivity index (χ2n) is 0.660. The lowest BCUT2D eigenvalue weighted by atomic mass is 10.5. The minimum absolute atomic E-state index is 0.177. The van der Waals surface area contributed by atoms with Gasteiger partial charge >= 0.3 is 0 Å². The summed E-state index contributed by atoms with van der Waals surface area (Å²) in [5.41, 5.74) is 0. The molecule has 0 aromatic heterocycles. The Morgan fingerprint density at radius 2 is 2.67 bits per heavy atom. The van der Waals surface area contributed by atoms with Crippen LogP contribution in [0.15, 0.2) is 5.16 Å². The topological polar surface area (TPSA) is 56.4 Å². The Morgan fingerprint density at radius 1 is 2.00 bits per heavy atom. The fraction of sp³-hybridized carbons (Fsp3) is 0.333. The Balaban J connectivity index is 2.92. The molecule has 0 spiro atoms. The monoisotopic (exact) mass is 84.0 g/mol. The van der Waals surface area contributed by atoms with E-state index in [4.69, 9.17) is 10.5 Å². The van der Waals surface area contributed by atoms with E-state index in [-0.39, 0.29) is 6.42 Å². The first-order valence-corrected chi connectivity index (χ1v) is 1.44. The number of nitriles is 1. The van der Waals surface area contributed by atoms with Gasteiger partial charge in [0.2, 0.25) is 0 Å². The van der Waals surface area contributed by atoms with E-state index in [1.165, 1.54) is 0 Å². The molecule has 0 aliphatic carbocycles. The molecule has 0 saturated carbocycles. The molecular weight excluding hydrogens is 80.0 g/mol. The summed E-state index contributed by atoms with van der Waals surface area (Å²) in [6.07, 6.45) is 1.30. The summed E-state index contributed by atoms with van der Waals surface area (Å²) in [5, 5.41) is 17.9. The first-order valence-electron chi connectivity index (χ1n) is 1.44. The van der Waals surface area contributed by atoms with Gasteiger partial charge in [0.15, 0.2) is 0 Å².